The third-order valence-electron chi connectivity index (χ3n) is 3.46. The van der Waals surface area contributed by atoms with Crippen molar-refractivity contribution in [1.82, 2.24) is 10.3 Å². The van der Waals surface area contributed by atoms with E-state index in [1.807, 2.05) is 6.07 Å². The minimum absolute atomic E-state index is 0.229. The van der Waals surface area contributed by atoms with Crippen molar-refractivity contribution in [1.29, 1.82) is 0 Å². The summed E-state index contributed by atoms with van der Waals surface area (Å²) in [6, 6.07) is 3.56. The number of aromatic hydroxyl groups is 1. The van der Waals surface area contributed by atoms with Gasteiger partial charge in [-0.25, -0.2) is 0 Å². The standard InChI is InChI=1S/C13H20N2O/c1-13(7-3-2-4-8-13)15-9-11-5-6-12(16)10-14-11/h5-6,10,15-16H,2-4,7-9H2,1H3. The average molecular weight is 220 g/mol. The molecule has 1 aliphatic rings. The molecule has 1 heterocycles. The van der Waals surface area contributed by atoms with Gasteiger partial charge < -0.3 is 10.4 Å². The van der Waals surface area contributed by atoms with Crippen molar-refractivity contribution in [3.63, 3.8) is 0 Å². The summed E-state index contributed by atoms with van der Waals surface area (Å²) in [5.41, 5.74) is 1.27. The van der Waals surface area contributed by atoms with Crippen molar-refractivity contribution in [2.75, 3.05) is 0 Å². The fourth-order valence-electron chi connectivity index (χ4n) is 2.33. The topological polar surface area (TPSA) is 45.1 Å². The summed E-state index contributed by atoms with van der Waals surface area (Å²) in [5, 5.41) is 12.7. The minimum Gasteiger partial charge on any atom is -0.506 e. The Hall–Kier alpha value is -1.09. The first kappa shape index (κ1) is 11.4. The van der Waals surface area contributed by atoms with Crippen LogP contribution in [0.15, 0.2) is 18.3 Å². The SMILES string of the molecule is CC1(NCc2ccc(O)cn2)CCCCC1. The Morgan fingerprint density at radius 3 is 2.69 bits per heavy atom. The first-order chi connectivity index (χ1) is 7.68. The number of hydrogen-bond acceptors (Lipinski definition) is 3. The number of rotatable bonds is 3. The lowest BCUT2D eigenvalue weighted by atomic mass is 9.83. The first-order valence-electron chi connectivity index (χ1n) is 6.07. The van der Waals surface area contributed by atoms with E-state index < -0.39 is 0 Å². The molecule has 0 bridgehead atoms. The van der Waals surface area contributed by atoms with Gasteiger partial charge >= 0.3 is 0 Å². The van der Waals surface area contributed by atoms with Crippen molar-refractivity contribution >= 4 is 0 Å². The predicted molar refractivity (Wildman–Crippen MR) is 64.2 cm³/mol. The summed E-state index contributed by atoms with van der Waals surface area (Å²) in [7, 11) is 0. The van der Waals surface area contributed by atoms with Gasteiger partial charge in [0.15, 0.2) is 0 Å². The van der Waals surface area contributed by atoms with Crippen LogP contribution in [0, 0.1) is 0 Å². The van der Waals surface area contributed by atoms with Gasteiger partial charge in [-0.3, -0.25) is 4.98 Å². The summed E-state index contributed by atoms with van der Waals surface area (Å²) in [4.78, 5) is 4.18. The Morgan fingerprint density at radius 1 is 1.31 bits per heavy atom. The highest BCUT2D eigenvalue weighted by Crippen LogP contribution is 2.27. The normalized spacial score (nSPS) is 19.6. The van der Waals surface area contributed by atoms with Gasteiger partial charge in [-0.1, -0.05) is 19.3 Å². The summed E-state index contributed by atoms with van der Waals surface area (Å²) in [6.07, 6.45) is 8.03. The molecule has 2 N–H and O–H groups in total. The molecule has 3 heteroatoms. The summed E-state index contributed by atoms with van der Waals surface area (Å²) in [5.74, 6) is 0.229. The first-order valence-corrected chi connectivity index (χ1v) is 6.07. The van der Waals surface area contributed by atoms with Crippen LogP contribution in [0.4, 0.5) is 0 Å². The maximum Gasteiger partial charge on any atom is 0.133 e. The van der Waals surface area contributed by atoms with Gasteiger partial charge in [0.05, 0.1) is 11.9 Å². The molecule has 1 aliphatic carbocycles. The van der Waals surface area contributed by atoms with Crippen LogP contribution in [-0.4, -0.2) is 15.6 Å². The predicted octanol–water partition coefficient (Wildman–Crippen LogP) is 2.60. The number of nitrogens with zero attached hydrogens (tertiary/aromatic N) is 1. The molecule has 1 fully saturated rings. The fraction of sp³-hybridized carbons (Fsp3) is 0.615. The Morgan fingerprint density at radius 2 is 2.06 bits per heavy atom. The molecule has 1 aromatic rings. The highest BCUT2D eigenvalue weighted by molar-refractivity contribution is 5.17. The highest BCUT2D eigenvalue weighted by Gasteiger charge is 2.25. The number of aromatic nitrogens is 1. The molecule has 0 amide bonds. The molecule has 3 nitrogen and oxygen atoms in total. The highest BCUT2D eigenvalue weighted by atomic mass is 16.3. The van der Waals surface area contributed by atoms with Crippen LogP contribution in [0.2, 0.25) is 0 Å². The quantitative estimate of drug-likeness (QED) is 0.823. The Kier molecular flexibility index (Phi) is 3.44. The number of hydrogen-bond donors (Lipinski definition) is 2. The molecule has 0 aliphatic heterocycles. The van der Waals surface area contributed by atoms with E-state index in [1.54, 1.807) is 6.07 Å². The molecule has 16 heavy (non-hydrogen) atoms. The average Bonchev–Trinajstić information content (AvgIpc) is 2.29. The maximum absolute atomic E-state index is 9.14. The van der Waals surface area contributed by atoms with E-state index in [2.05, 4.69) is 17.2 Å². The van der Waals surface area contributed by atoms with Crippen molar-refractivity contribution in [3.05, 3.63) is 24.0 Å². The zero-order valence-electron chi connectivity index (χ0n) is 9.87. The lowest BCUT2D eigenvalue weighted by molar-refractivity contribution is 0.251. The van der Waals surface area contributed by atoms with Crippen LogP contribution in [0.3, 0.4) is 0 Å². The van der Waals surface area contributed by atoms with Gasteiger partial charge in [0.1, 0.15) is 5.75 Å². The van der Waals surface area contributed by atoms with Gasteiger partial charge in [-0.2, -0.15) is 0 Å². The molecule has 0 aromatic carbocycles. The molecular formula is C13H20N2O. The number of pyridine rings is 1. The van der Waals surface area contributed by atoms with E-state index in [0.717, 1.165) is 12.2 Å². The Bertz CT molecular complexity index is 328. The molecule has 2 rings (SSSR count). The van der Waals surface area contributed by atoms with Crippen molar-refractivity contribution in [3.8, 4) is 5.75 Å². The van der Waals surface area contributed by atoms with Crippen LogP contribution >= 0.6 is 0 Å². The van der Waals surface area contributed by atoms with Gasteiger partial charge in [0.2, 0.25) is 0 Å². The van der Waals surface area contributed by atoms with E-state index in [4.69, 9.17) is 5.11 Å². The summed E-state index contributed by atoms with van der Waals surface area (Å²) < 4.78 is 0. The molecule has 0 radical (unpaired) electrons. The third kappa shape index (κ3) is 2.95. The zero-order chi connectivity index (χ0) is 11.4. The molecule has 1 saturated carbocycles. The van der Waals surface area contributed by atoms with Gasteiger partial charge in [-0.15, -0.1) is 0 Å². The van der Waals surface area contributed by atoms with Gasteiger partial charge in [0, 0.05) is 12.1 Å². The van der Waals surface area contributed by atoms with Crippen molar-refractivity contribution in [2.24, 2.45) is 0 Å². The monoisotopic (exact) mass is 220 g/mol. The molecule has 88 valence electrons. The second kappa shape index (κ2) is 4.83. The zero-order valence-corrected chi connectivity index (χ0v) is 9.87. The van der Waals surface area contributed by atoms with Crippen molar-refractivity contribution < 1.29 is 5.11 Å². The Labute approximate surface area is 96.9 Å². The minimum atomic E-state index is 0.229. The van der Waals surface area contributed by atoms with Crippen LogP contribution in [0.25, 0.3) is 0 Å². The van der Waals surface area contributed by atoms with Gasteiger partial charge in [-0.05, 0) is 31.9 Å². The smallest absolute Gasteiger partial charge is 0.133 e. The molecule has 0 spiro atoms. The van der Waals surface area contributed by atoms with E-state index in [-0.39, 0.29) is 11.3 Å². The lowest BCUT2D eigenvalue weighted by Gasteiger charge is -2.34. The molecule has 0 unspecified atom stereocenters. The summed E-state index contributed by atoms with van der Waals surface area (Å²) >= 11 is 0. The number of nitrogens with one attached hydrogen (secondary N) is 1. The summed E-state index contributed by atoms with van der Waals surface area (Å²) in [6.45, 7) is 3.09. The third-order valence-corrected chi connectivity index (χ3v) is 3.46. The van der Waals surface area contributed by atoms with Crippen molar-refractivity contribution in [2.45, 2.75) is 51.1 Å². The van der Waals surface area contributed by atoms with Crippen LogP contribution in [0.1, 0.15) is 44.7 Å². The lowest BCUT2D eigenvalue weighted by Crippen LogP contribution is -2.43. The van der Waals surface area contributed by atoms with Gasteiger partial charge in [0.25, 0.3) is 0 Å². The van der Waals surface area contributed by atoms with Crippen LogP contribution < -0.4 is 5.32 Å². The maximum atomic E-state index is 9.14. The molecular weight excluding hydrogens is 200 g/mol. The molecule has 1 aromatic heterocycles. The van der Waals surface area contributed by atoms with E-state index in [9.17, 15) is 0 Å². The Balaban J connectivity index is 1.88. The second-order valence-electron chi connectivity index (χ2n) is 4.98. The van der Waals surface area contributed by atoms with Crippen LogP contribution in [-0.2, 0) is 6.54 Å². The molecule has 0 saturated heterocycles. The van der Waals surface area contributed by atoms with E-state index in [0.29, 0.717) is 0 Å². The van der Waals surface area contributed by atoms with Crippen LogP contribution in [0.5, 0.6) is 5.75 Å². The van der Waals surface area contributed by atoms with E-state index in [1.165, 1.54) is 38.3 Å². The van der Waals surface area contributed by atoms with E-state index >= 15 is 0 Å². The largest absolute Gasteiger partial charge is 0.506 e. The fourth-order valence-corrected chi connectivity index (χ4v) is 2.33. The second-order valence-corrected chi connectivity index (χ2v) is 4.98. The molecule has 0 atom stereocenters.